The minimum atomic E-state index is -0.925. The van der Waals surface area contributed by atoms with Crippen molar-refractivity contribution in [1.29, 1.82) is 0 Å². The molecule has 1 aromatic heterocycles. The lowest BCUT2D eigenvalue weighted by Crippen LogP contribution is -2.36. The van der Waals surface area contributed by atoms with E-state index in [0.29, 0.717) is 49.2 Å². The van der Waals surface area contributed by atoms with Crippen LogP contribution < -0.4 is 4.74 Å². The summed E-state index contributed by atoms with van der Waals surface area (Å²) in [5.74, 6) is -0.646. The number of H-pyrrole nitrogens is 1. The molecule has 5 rings (SSSR count). The number of aromatic nitrogens is 1. The first-order chi connectivity index (χ1) is 17.9. The highest BCUT2D eigenvalue weighted by atomic mass is 19.1. The van der Waals surface area contributed by atoms with Crippen LogP contribution in [0.3, 0.4) is 0 Å². The normalized spacial score (nSPS) is 13.0. The van der Waals surface area contributed by atoms with Gasteiger partial charge in [0.15, 0.2) is 0 Å². The summed E-state index contributed by atoms with van der Waals surface area (Å²) in [6, 6.07) is 16.5. The third-order valence-electron chi connectivity index (χ3n) is 7.23. The van der Waals surface area contributed by atoms with Gasteiger partial charge in [0.05, 0.1) is 13.5 Å². The van der Waals surface area contributed by atoms with Gasteiger partial charge in [0.1, 0.15) is 11.6 Å². The van der Waals surface area contributed by atoms with Crippen LogP contribution in [0.15, 0.2) is 54.6 Å². The number of hydrogen-bond acceptors (Lipinski definition) is 3. The van der Waals surface area contributed by atoms with Gasteiger partial charge in [-0.05, 0) is 65.8 Å². The van der Waals surface area contributed by atoms with E-state index in [4.69, 9.17) is 9.84 Å². The van der Waals surface area contributed by atoms with Crippen molar-refractivity contribution in [3.05, 3.63) is 88.4 Å². The molecule has 2 heterocycles. The van der Waals surface area contributed by atoms with E-state index in [1.807, 2.05) is 31.2 Å². The van der Waals surface area contributed by atoms with Crippen molar-refractivity contribution in [2.45, 2.75) is 39.2 Å². The first kappa shape index (κ1) is 24.6. The molecular weight excluding hydrogens is 471 g/mol. The van der Waals surface area contributed by atoms with E-state index < -0.39 is 5.97 Å². The highest BCUT2D eigenvalue weighted by Gasteiger charge is 2.26. The highest BCUT2D eigenvalue weighted by molar-refractivity contribution is 5.86. The van der Waals surface area contributed by atoms with Crippen LogP contribution in [-0.4, -0.2) is 40.5 Å². The number of ether oxygens (including phenoxy) is 1. The number of methoxy groups -OCH3 is 1. The number of fused-ring (bicyclic) bond motifs is 2. The van der Waals surface area contributed by atoms with Crippen LogP contribution in [0.4, 0.5) is 4.39 Å². The Hall–Kier alpha value is -4.13. The number of aliphatic carboxylic acids is 1. The number of carbonyl (C=O) groups is 2. The molecule has 1 aliphatic rings. The van der Waals surface area contributed by atoms with Crippen molar-refractivity contribution >= 4 is 22.8 Å². The van der Waals surface area contributed by atoms with Crippen molar-refractivity contribution < 1.29 is 23.8 Å². The van der Waals surface area contributed by atoms with Gasteiger partial charge in [0, 0.05) is 41.7 Å². The molecule has 0 saturated carbocycles. The molecule has 7 heteroatoms. The number of aryl methyl sites for hydroxylation is 2. The molecule has 1 aliphatic heterocycles. The summed E-state index contributed by atoms with van der Waals surface area (Å²) in [6.45, 7) is 2.81. The predicted octanol–water partition coefficient (Wildman–Crippen LogP) is 5.44. The topological polar surface area (TPSA) is 82.6 Å². The molecule has 0 atom stereocenters. The molecule has 2 N–H and O–H groups in total. The molecule has 0 spiro atoms. The third-order valence-corrected chi connectivity index (χ3v) is 7.23. The zero-order valence-corrected chi connectivity index (χ0v) is 20.9. The van der Waals surface area contributed by atoms with Crippen molar-refractivity contribution in [2.75, 3.05) is 13.7 Å². The number of aromatic amines is 1. The number of nitrogens with one attached hydrogen (secondary N) is 1. The standard InChI is InChI=1S/C30H29FN2O4/c1-18-20(23-5-3-4-6-27(23)32-18)10-12-29(34)33-14-13-22-25(17-33)21(9-11-26(22)31)24-8-7-19(16-30(35)36)15-28(24)37-2/h3-9,11,15,32H,10,12-14,16-17H2,1-2H3,(H,35,36). The van der Waals surface area contributed by atoms with E-state index in [1.165, 1.54) is 13.2 Å². The SMILES string of the molecule is COc1cc(CC(=O)O)ccc1-c1ccc(F)c2c1CN(C(=O)CCc1c(C)[nH]c3ccccc13)CC2. The average Bonchev–Trinajstić information content (AvgIpc) is 3.21. The van der Waals surface area contributed by atoms with Crippen LogP contribution in [0, 0.1) is 12.7 Å². The van der Waals surface area contributed by atoms with E-state index >= 15 is 0 Å². The molecule has 6 nitrogen and oxygen atoms in total. The van der Waals surface area contributed by atoms with Crippen LogP contribution in [0.25, 0.3) is 22.0 Å². The second-order valence-electron chi connectivity index (χ2n) is 9.50. The van der Waals surface area contributed by atoms with Gasteiger partial charge < -0.3 is 19.7 Å². The average molecular weight is 501 g/mol. The van der Waals surface area contributed by atoms with Crippen LogP contribution in [0.1, 0.15) is 34.4 Å². The monoisotopic (exact) mass is 500 g/mol. The zero-order valence-electron chi connectivity index (χ0n) is 20.9. The fraction of sp³-hybridized carbons (Fsp3) is 0.267. The van der Waals surface area contributed by atoms with Gasteiger partial charge in [-0.3, -0.25) is 9.59 Å². The Balaban J connectivity index is 1.40. The second-order valence-corrected chi connectivity index (χ2v) is 9.50. The lowest BCUT2D eigenvalue weighted by molar-refractivity contribution is -0.136. The van der Waals surface area contributed by atoms with Crippen LogP contribution in [0.2, 0.25) is 0 Å². The Morgan fingerprint density at radius 3 is 2.65 bits per heavy atom. The number of para-hydroxylation sites is 1. The van der Waals surface area contributed by atoms with Crippen molar-refractivity contribution in [3.8, 4) is 16.9 Å². The molecule has 37 heavy (non-hydrogen) atoms. The fourth-order valence-electron chi connectivity index (χ4n) is 5.39. The smallest absolute Gasteiger partial charge is 0.307 e. The summed E-state index contributed by atoms with van der Waals surface area (Å²) in [4.78, 5) is 29.6. The minimum absolute atomic E-state index is 0.0364. The van der Waals surface area contributed by atoms with Gasteiger partial charge in [0.25, 0.3) is 0 Å². The molecular formula is C30H29FN2O4. The number of carboxylic acid groups (broad SMARTS) is 1. The van der Waals surface area contributed by atoms with Gasteiger partial charge >= 0.3 is 5.97 Å². The second kappa shape index (κ2) is 10.1. The fourth-order valence-corrected chi connectivity index (χ4v) is 5.39. The molecule has 0 fully saturated rings. The highest BCUT2D eigenvalue weighted by Crippen LogP contribution is 2.38. The van der Waals surface area contributed by atoms with E-state index in [2.05, 4.69) is 11.1 Å². The molecule has 3 aromatic carbocycles. The summed E-state index contributed by atoms with van der Waals surface area (Å²) in [6.07, 6.45) is 1.32. The van der Waals surface area contributed by atoms with Gasteiger partial charge in [-0.15, -0.1) is 0 Å². The Bertz CT molecular complexity index is 1510. The lowest BCUT2D eigenvalue weighted by Gasteiger charge is -2.31. The van der Waals surface area contributed by atoms with E-state index in [-0.39, 0.29) is 18.1 Å². The summed E-state index contributed by atoms with van der Waals surface area (Å²) in [5.41, 5.74) is 6.83. The number of amides is 1. The number of carbonyl (C=O) groups excluding carboxylic acids is 1. The van der Waals surface area contributed by atoms with Gasteiger partial charge in [0.2, 0.25) is 5.91 Å². The van der Waals surface area contributed by atoms with Crippen molar-refractivity contribution in [2.24, 2.45) is 0 Å². The number of halogens is 1. The minimum Gasteiger partial charge on any atom is -0.496 e. The molecule has 4 aromatic rings. The maximum atomic E-state index is 14.8. The first-order valence-corrected chi connectivity index (χ1v) is 12.4. The summed E-state index contributed by atoms with van der Waals surface area (Å²) >= 11 is 0. The van der Waals surface area contributed by atoms with Gasteiger partial charge in [-0.2, -0.15) is 0 Å². The maximum Gasteiger partial charge on any atom is 0.307 e. The molecule has 0 saturated heterocycles. The lowest BCUT2D eigenvalue weighted by atomic mass is 9.89. The molecule has 0 radical (unpaired) electrons. The number of benzene rings is 3. The predicted molar refractivity (Wildman–Crippen MR) is 140 cm³/mol. The summed E-state index contributed by atoms with van der Waals surface area (Å²) in [7, 11) is 1.53. The Kier molecular flexibility index (Phi) is 6.70. The van der Waals surface area contributed by atoms with Crippen LogP contribution in [-0.2, 0) is 35.4 Å². The quantitative estimate of drug-likeness (QED) is 0.354. The number of hydrogen-bond donors (Lipinski definition) is 2. The molecule has 1 amide bonds. The van der Waals surface area contributed by atoms with Crippen LogP contribution >= 0.6 is 0 Å². The van der Waals surface area contributed by atoms with E-state index in [9.17, 15) is 14.0 Å². The number of nitrogens with zero attached hydrogens (tertiary/aromatic N) is 1. The van der Waals surface area contributed by atoms with Crippen molar-refractivity contribution in [1.82, 2.24) is 9.88 Å². The molecule has 190 valence electrons. The third kappa shape index (κ3) is 4.81. The molecule has 0 unspecified atom stereocenters. The van der Waals surface area contributed by atoms with E-state index in [1.54, 1.807) is 23.1 Å². The Morgan fingerprint density at radius 2 is 1.86 bits per heavy atom. The molecule has 0 bridgehead atoms. The summed E-state index contributed by atoms with van der Waals surface area (Å²) in [5, 5.41) is 10.3. The van der Waals surface area contributed by atoms with Gasteiger partial charge in [-0.25, -0.2) is 4.39 Å². The number of carboxylic acids is 1. The van der Waals surface area contributed by atoms with Gasteiger partial charge in [-0.1, -0.05) is 36.4 Å². The van der Waals surface area contributed by atoms with E-state index in [0.717, 1.165) is 38.9 Å². The Morgan fingerprint density at radius 1 is 1.08 bits per heavy atom. The zero-order chi connectivity index (χ0) is 26.1. The number of rotatable bonds is 7. The molecule has 0 aliphatic carbocycles. The van der Waals surface area contributed by atoms with Crippen LogP contribution in [0.5, 0.6) is 5.75 Å². The summed E-state index contributed by atoms with van der Waals surface area (Å²) < 4.78 is 20.4. The first-order valence-electron chi connectivity index (χ1n) is 12.4. The van der Waals surface area contributed by atoms with Crippen molar-refractivity contribution in [3.63, 3.8) is 0 Å². The maximum absolute atomic E-state index is 14.8. The largest absolute Gasteiger partial charge is 0.496 e. The Labute approximate surface area is 214 Å².